The fourth-order valence-corrected chi connectivity index (χ4v) is 4.42. The molecule has 29 heavy (non-hydrogen) atoms. The molecule has 0 saturated carbocycles. The molecule has 2 aliphatic carbocycles. The molecule has 0 radical (unpaired) electrons. The van der Waals surface area contributed by atoms with E-state index in [0.717, 1.165) is 0 Å². The van der Waals surface area contributed by atoms with E-state index in [1.165, 1.54) is 13.2 Å². The Bertz CT molecular complexity index is 1100. The molecule has 0 aliphatic heterocycles. The molecule has 2 aromatic rings. The van der Waals surface area contributed by atoms with Crippen LogP contribution < -0.4 is 4.74 Å². The van der Waals surface area contributed by atoms with Crippen molar-refractivity contribution < 1.29 is 34.4 Å². The number of aromatic hydroxyl groups is 2. The zero-order chi connectivity index (χ0) is 21.1. The Kier molecular flexibility index (Phi) is 4.24. The van der Waals surface area contributed by atoms with Crippen molar-refractivity contribution in [2.24, 2.45) is 5.41 Å². The first-order valence-corrected chi connectivity index (χ1v) is 9.25. The summed E-state index contributed by atoms with van der Waals surface area (Å²) < 4.78 is 5.22. The van der Waals surface area contributed by atoms with Crippen LogP contribution in [0.5, 0.6) is 17.2 Å². The highest BCUT2D eigenvalue weighted by Crippen LogP contribution is 2.49. The number of rotatable bonds is 3. The Labute approximate surface area is 166 Å². The van der Waals surface area contributed by atoms with Crippen LogP contribution in [-0.4, -0.2) is 46.4 Å². The summed E-state index contributed by atoms with van der Waals surface area (Å²) in [7, 11) is 1.38. The Morgan fingerprint density at radius 1 is 1.07 bits per heavy atom. The van der Waals surface area contributed by atoms with Gasteiger partial charge in [0.15, 0.2) is 11.6 Å². The standard InChI is InChI=1S/C22H20O7/c1-22(14(24)9-23)7-6-10-12(8-22)20(27)16-17(18(10)25)21(28)15-11(19(16)26)4-3-5-13(15)29-2/h3-5,23,25,27H,6-9H2,1-2H3/t22-/m0/s1. The third-order valence-corrected chi connectivity index (χ3v) is 6.14. The lowest BCUT2D eigenvalue weighted by atomic mass is 9.68. The minimum absolute atomic E-state index is 0.0539. The summed E-state index contributed by atoms with van der Waals surface area (Å²) in [5.41, 5.74) is -0.663. The van der Waals surface area contributed by atoms with E-state index in [9.17, 15) is 29.7 Å². The van der Waals surface area contributed by atoms with Gasteiger partial charge >= 0.3 is 0 Å². The number of hydrogen-bond donors (Lipinski definition) is 3. The number of phenols is 2. The summed E-state index contributed by atoms with van der Waals surface area (Å²) in [6.45, 7) is 1.05. The third-order valence-electron chi connectivity index (χ3n) is 6.14. The SMILES string of the molecule is COc1cccc2c1C(=O)c1c(O)c3c(c(O)c1C2=O)C[C@@](C)(C(=O)CO)CC3. The number of Topliss-reactive ketones (excluding diaryl/α,β-unsaturated/α-hetero) is 1. The first-order chi connectivity index (χ1) is 13.7. The number of ketones is 3. The van der Waals surface area contributed by atoms with Crippen LogP contribution in [0.1, 0.15) is 56.3 Å². The summed E-state index contributed by atoms with van der Waals surface area (Å²) in [5, 5.41) is 31.1. The molecule has 0 heterocycles. The molecule has 0 unspecified atom stereocenters. The van der Waals surface area contributed by atoms with Gasteiger partial charge in [0.1, 0.15) is 23.9 Å². The van der Waals surface area contributed by atoms with Gasteiger partial charge in [-0.1, -0.05) is 19.1 Å². The van der Waals surface area contributed by atoms with Crippen LogP contribution in [0.25, 0.3) is 0 Å². The van der Waals surface area contributed by atoms with Gasteiger partial charge in [-0.25, -0.2) is 0 Å². The molecule has 7 heteroatoms. The van der Waals surface area contributed by atoms with Crippen LogP contribution >= 0.6 is 0 Å². The molecular weight excluding hydrogens is 376 g/mol. The number of carbonyl (C=O) groups excluding carboxylic acids is 3. The van der Waals surface area contributed by atoms with Gasteiger partial charge in [0.05, 0.1) is 23.8 Å². The fourth-order valence-electron chi connectivity index (χ4n) is 4.42. The lowest BCUT2D eigenvalue weighted by Crippen LogP contribution is -2.36. The fraction of sp³-hybridized carbons (Fsp3) is 0.318. The number of aliphatic hydroxyl groups is 1. The van der Waals surface area contributed by atoms with Crippen LogP contribution in [0.2, 0.25) is 0 Å². The average molecular weight is 396 g/mol. The van der Waals surface area contributed by atoms with E-state index < -0.39 is 29.3 Å². The molecule has 1 atom stereocenters. The number of carbonyl (C=O) groups is 3. The Morgan fingerprint density at radius 3 is 2.38 bits per heavy atom. The van der Waals surface area contributed by atoms with Crippen molar-refractivity contribution in [1.82, 2.24) is 0 Å². The van der Waals surface area contributed by atoms with Crippen molar-refractivity contribution in [3.8, 4) is 17.2 Å². The predicted octanol–water partition coefficient (Wildman–Crippen LogP) is 1.94. The second-order valence-corrected chi connectivity index (χ2v) is 7.76. The number of aliphatic hydroxyl groups excluding tert-OH is 1. The lowest BCUT2D eigenvalue weighted by molar-refractivity contribution is -0.131. The number of hydrogen-bond acceptors (Lipinski definition) is 7. The minimum Gasteiger partial charge on any atom is -0.507 e. The van der Waals surface area contributed by atoms with Crippen molar-refractivity contribution >= 4 is 17.3 Å². The van der Waals surface area contributed by atoms with Gasteiger partial charge in [-0.2, -0.15) is 0 Å². The smallest absolute Gasteiger partial charge is 0.202 e. The highest BCUT2D eigenvalue weighted by Gasteiger charge is 2.43. The van der Waals surface area contributed by atoms with Gasteiger partial charge in [0.2, 0.25) is 5.78 Å². The summed E-state index contributed by atoms with van der Waals surface area (Å²) in [6, 6.07) is 4.59. The first-order valence-electron chi connectivity index (χ1n) is 9.25. The monoisotopic (exact) mass is 396 g/mol. The molecule has 0 aromatic heterocycles. The highest BCUT2D eigenvalue weighted by molar-refractivity contribution is 6.31. The zero-order valence-corrected chi connectivity index (χ0v) is 16.0. The van der Waals surface area contributed by atoms with Gasteiger partial charge in [-0.15, -0.1) is 0 Å². The maximum atomic E-state index is 13.2. The molecule has 4 rings (SSSR count). The molecule has 0 spiro atoms. The molecule has 7 nitrogen and oxygen atoms in total. The Morgan fingerprint density at radius 2 is 1.72 bits per heavy atom. The minimum atomic E-state index is -0.928. The Hall–Kier alpha value is -3.19. The van der Waals surface area contributed by atoms with Crippen molar-refractivity contribution in [3.05, 3.63) is 51.6 Å². The number of fused-ring (bicyclic) bond motifs is 3. The second-order valence-electron chi connectivity index (χ2n) is 7.76. The first kappa shape index (κ1) is 19.1. The highest BCUT2D eigenvalue weighted by atomic mass is 16.5. The molecule has 2 aromatic carbocycles. The number of benzene rings is 2. The van der Waals surface area contributed by atoms with Crippen LogP contribution in [0.3, 0.4) is 0 Å². The van der Waals surface area contributed by atoms with Crippen molar-refractivity contribution in [2.75, 3.05) is 13.7 Å². The summed E-state index contributed by atoms with van der Waals surface area (Å²) in [4.78, 5) is 38.5. The van der Waals surface area contributed by atoms with E-state index in [2.05, 4.69) is 0 Å². The summed E-state index contributed by atoms with van der Waals surface area (Å²) >= 11 is 0. The largest absolute Gasteiger partial charge is 0.507 e. The molecule has 0 saturated heterocycles. The number of ether oxygens (including phenoxy) is 1. The van der Waals surface area contributed by atoms with Crippen LogP contribution in [-0.2, 0) is 17.6 Å². The van der Waals surface area contributed by atoms with Gasteiger partial charge in [-0.3, -0.25) is 14.4 Å². The lowest BCUT2D eigenvalue weighted by Gasteiger charge is -2.35. The molecular formula is C22H20O7. The maximum Gasteiger partial charge on any atom is 0.202 e. The van der Waals surface area contributed by atoms with Gasteiger partial charge < -0.3 is 20.1 Å². The second kappa shape index (κ2) is 6.42. The zero-order valence-electron chi connectivity index (χ0n) is 16.0. The topological polar surface area (TPSA) is 121 Å². The molecule has 150 valence electrons. The quantitative estimate of drug-likeness (QED) is 0.579. The average Bonchev–Trinajstić information content (AvgIpc) is 2.73. The van der Waals surface area contributed by atoms with Crippen LogP contribution in [0.4, 0.5) is 0 Å². The van der Waals surface area contributed by atoms with Gasteiger partial charge in [0.25, 0.3) is 0 Å². The van der Waals surface area contributed by atoms with Gasteiger partial charge in [0, 0.05) is 22.1 Å². The van der Waals surface area contributed by atoms with Crippen LogP contribution in [0.15, 0.2) is 18.2 Å². The maximum absolute atomic E-state index is 13.2. The van der Waals surface area contributed by atoms with E-state index in [1.54, 1.807) is 19.1 Å². The molecule has 0 fully saturated rings. The third kappa shape index (κ3) is 2.50. The van der Waals surface area contributed by atoms with E-state index in [0.29, 0.717) is 12.0 Å². The number of phenolic OH excluding ortho intramolecular Hbond substituents is 2. The summed E-state index contributed by atoms with van der Waals surface area (Å²) in [6.07, 6.45) is 0.624. The normalized spacial score (nSPS) is 20.0. The van der Waals surface area contributed by atoms with E-state index in [1.807, 2.05) is 0 Å². The van der Waals surface area contributed by atoms with E-state index in [4.69, 9.17) is 4.74 Å². The van der Waals surface area contributed by atoms with Crippen molar-refractivity contribution in [3.63, 3.8) is 0 Å². The molecule has 0 amide bonds. The molecule has 2 aliphatic rings. The summed E-state index contributed by atoms with van der Waals surface area (Å²) in [5.74, 6) is -2.09. The molecule has 0 bridgehead atoms. The van der Waals surface area contributed by atoms with E-state index in [-0.39, 0.29) is 57.9 Å². The number of methoxy groups -OCH3 is 1. The van der Waals surface area contributed by atoms with Gasteiger partial charge in [-0.05, 0) is 25.3 Å². The molecule has 3 N–H and O–H groups in total. The van der Waals surface area contributed by atoms with Crippen LogP contribution in [0, 0.1) is 5.41 Å². The van der Waals surface area contributed by atoms with Crippen molar-refractivity contribution in [1.29, 1.82) is 0 Å². The van der Waals surface area contributed by atoms with E-state index >= 15 is 0 Å². The predicted molar refractivity (Wildman–Crippen MR) is 102 cm³/mol. The Balaban J connectivity index is 1.97. The van der Waals surface area contributed by atoms with Crippen molar-refractivity contribution in [2.45, 2.75) is 26.2 Å².